The van der Waals surface area contributed by atoms with Crippen LogP contribution in [0, 0.1) is 5.92 Å². The molecule has 8 nitrogen and oxygen atoms in total. The quantitative estimate of drug-likeness (QED) is 0.251. The second kappa shape index (κ2) is 11.8. The Morgan fingerprint density at radius 3 is 2.52 bits per heavy atom. The fraction of sp³-hybridized carbons (Fsp3) is 0.382. The van der Waals surface area contributed by atoms with Crippen LogP contribution >= 0.6 is 11.6 Å². The Kier molecular flexibility index (Phi) is 8.17. The van der Waals surface area contributed by atoms with Crippen LogP contribution in [0.1, 0.15) is 36.1 Å². The number of carbonyl (C=O) groups excluding carboxylic acids is 1. The number of hydrogen-bond donors (Lipinski definition) is 1. The number of benzene rings is 3. The van der Waals surface area contributed by atoms with E-state index in [2.05, 4.69) is 42.5 Å². The van der Waals surface area contributed by atoms with Crippen molar-refractivity contribution in [2.75, 3.05) is 25.7 Å². The molecule has 10 heteroatoms. The molecular weight excluding hydrogens is 592 g/mol. The molecule has 3 aromatic carbocycles. The van der Waals surface area contributed by atoms with E-state index in [9.17, 15) is 9.90 Å². The molecule has 1 saturated heterocycles. The lowest BCUT2D eigenvalue weighted by molar-refractivity contribution is -0.145. The second-order valence-electron chi connectivity index (χ2n) is 12.5. The SMILES string of the molecule is COc1ccc([Si](C)(C)[C@H]2[C@H](CCn3cc(C(CO)c4ccccc4)nn3)O[C@@]3(C(=O)N(C)c4ccc(Cl)cc43)[C@@H]2C)cc1. The maximum absolute atomic E-state index is 14.2. The summed E-state index contributed by atoms with van der Waals surface area (Å²) in [7, 11) is 1.24. The van der Waals surface area contributed by atoms with Gasteiger partial charge in [0.25, 0.3) is 5.91 Å². The third kappa shape index (κ3) is 4.96. The Labute approximate surface area is 264 Å². The molecular formula is C34H39ClN4O4Si. The molecule has 1 amide bonds. The van der Waals surface area contributed by atoms with Gasteiger partial charge in [0.1, 0.15) is 5.75 Å². The van der Waals surface area contributed by atoms with Crippen LogP contribution in [0.2, 0.25) is 23.7 Å². The number of aryl methyl sites for hydroxylation is 1. The molecule has 44 heavy (non-hydrogen) atoms. The number of halogens is 1. The third-order valence-electron chi connectivity index (χ3n) is 9.87. The number of amides is 1. The number of carbonyl (C=O) groups is 1. The molecule has 6 rings (SSSR count). The van der Waals surface area contributed by atoms with E-state index in [-0.39, 0.29) is 36.0 Å². The van der Waals surface area contributed by atoms with Crippen LogP contribution in [-0.4, -0.2) is 60.9 Å². The largest absolute Gasteiger partial charge is 0.497 e. The van der Waals surface area contributed by atoms with Gasteiger partial charge >= 0.3 is 0 Å². The van der Waals surface area contributed by atoms with Gasteiger partial charge in [0.15, 0.2) is 5.60 Å². The lowest BCUT2D eigenvalue weighted by Gasteiger charge is -2.37. The van der Waals surface area contributed by atoms with Gasteiger partial charge in [-0.2, -0.15) is 0 Å². The number of aliphatic hydroxyl groups excluding tert-OH is 1. The maximum atomic E-state index is 14.2. The molecule has 1 N–H and O–H groups in total. The van der Waals surface area contributed by atoms with Gasteiger partial charge in [-0.25, -0.2) is 0 Å². The summed E-state index contributed by atoms with van der Waals surface area (Å²) >= 11 is 6.52. The molecule has 1 fully saturated rings. The van der Waals surface area contributed by atoms with Crippen molar-refractivity contribution in [3.8, 4) is 5.75 Å². The molecule has 1 unspecified atom stereocenters. The summed E-state index contributed by atoms with van der Waals surface area (Å²) in [4.78, 5) is 15.9. The van der Waals surface area contributed by atoms with Crippen molar-refractivity contribution in [3.63, 3.8) is 0 Å². The van der Waals surface area contributed by atoms with Crippen LogP contribution in [0.3, 0.4) is 0 Å². The molecule has 0 radical (unpaired) electrons. The number of ether oxygens (including phenoxy) is 2. The van der Waals surface area contributed by atoms with E-state index in [1.54, 1.807) is 12.0 Å². The first kappa shape index (κ1) is 30.5. The summed E-state index contributed by atoms with van der Waals surface area (Å²) in [5, 5.41) is 20.9. The van der Waals surface area contributed by atoms with Gasteiger partial charge in [0.05, 0.1) is 45.2 Å². The predicted octanol–water partition coefficient (Wildman–Crippen LogP) is 5.35. The van der Waals surface area contributed by atoms with Crippen molar-refractivity contribution < 1.29 is 19.4 Å². The minimum atomic E-state index is -2.25. The number of rotatable bonds is 9. The standard InChI is InChI=1S/C34H39ClN4O4Si/c1-22-32(44(4,5)26-14-12-25(42-3)13-15-26)31(43-34(22)28-19-24(35)11-16-30(28)38(2)33(34)41)17-18-39-20-29(36-37-39)27(21-40)23-9-7-6-8-10-23/h6-16,19-20,22,27,31-32,40H,17-18,21H2,1-5H3/t22-,27?,31+,32-,34+/m1/s1. The third-order valence-corrected chi connectivity index (χ3v) is 14.5. The number of nitrogens with zero attached hydrogens (tertiary/aromatic N) is 4. The van der Waals surface area contributed by atoms with Gasteiger partial charge in [-0.15, -0.1) is 5.10 Å². The van der Waals surface area contributed by atoms with E-state index < -0.39 is 13.7 Å². The number of aliphatic hydroxyl groups is 1. The van der Waals surface area contributed by atoms with Crippen molar-refractivity contribution in [1.29, 1.82) is 0 Å². The monoisotopic (exact) mass is 630 g/mol. The number of fused-ring (bicyclic) bond motifs is 2. The zero-order valence-corrected chi connectivity index (χ0v) is 27.5. The van der Waals surface area contributed by atoms with E-state index in [0.29, 0.717) is 18.0 Å². The molecule has 5 atom stereocenters. The fourth-order valence-electron chi connectivity index (χ4n) is 7.56. The summed E-state index contributed by atoms with van der Waals surface area (Å²) in [5.74, 6) is 0.412. The Morgan fingerprint density at radius 2 is 1.84 bits per heavy atom. The molecule has 2 aliphatic rings. The summed E-state index contributed by atoms with van der Waals surface area (Å²) in [6.07, 6.45) is 2.34. The first-order valence-electron chi connectivity index (χ1n) is 15.1. The van der Waals surface area contributed by atoms with E-state index >= 15 is 0 Å². The number of anilines is 1. The van der Waals surface area contributed by atoms with Crippen molar-refractivity contribution in [1.82, 2.24) is 15.0 Å². The van der Waals surface area contributed by atoms with E-state index in [1.807, 2.05) is 78.6 Å². The Hall–Kier alpha value is -3.50. The number of aromatic nitrogens is 3. The molecule has 3 heterocycles. The summed E-state index contributed by atoms with van der Waals surface area (Å²) in [6, 6.07) is 23.8. The van der Waals surface area contributed by atoms with Crippen LogP contribution in [-0.2, 0) is 21.7 Å². The van der Waals surface area contributed by atoms with Crippen LogP contribution in [0.4, 0.5) is 5.69 Å². The summed E-state index contributed by atoms with van der Waals surface area (Å²) in [6.45, 7) is 7.41. The molecule has 0 saturated carbocycles. The maximum Gasteiger partial charge on any atom is 0.264 e. The van der Waals surface area contributed by atoms with Gasteiger partial charge in [-0.05, 0) is 47.9 Å². The van der Waals surface area contributed by atoms with Crippen molar-refractivity contribution in [3.05, 3.63) is 101 Å². The molecule has 0 bridgehead atoms. The van der Waals surface area contributed by atoms with Crippen LogP contribution < -0.4 is 14.8 Å². The van der Waals surface area contributed by atoms with Crippen molar-refractivity contribution in [2.24, 2.45) is 5.92 Å². The highest BCUT2D eigenvalue weighted by atomic mass is 35.5. The van der Waals surface area contributed by atoms with Gasteiger partial charge in [0, 0.05) is 36.3 Å². The lowest BCUT2D eigenvalue weighted by Crippen LogP contribution is -2.51. The van der Waals surface area contributed by atoms with Gasteiger partial charge in [0.2, 0.25) is 0 Å². The summed E-state index contributed by atoms with van der Waals surface area (Å²) in [5.41, 5.74) is 2.38. The zero-order chi connectivity index (χ0) is 31.2. The van der Waals surface area contributed by atoms with Gasteiger partial charge < -0.3 is 19.5 Å². The van der Waals surface area contributed by atoms with Gasteiger partial charge in [-0.3, -0.25) is 9.48 Å². The molecule has 4 aromatic rings. The average molecular weight is 631 g/mol. The molecule has 230 valence electrons. The van der Waals surface area contributed by atoms with Crippen LogP contribution in [0.5, 0.6) is 5.75 Å². The molecule has 2 aliphatic heterocycles. The van der Waals surface area contributed by atoms with Crippen molar-refractivity contribution >= 4 is 36.5 Å². The highest BCUT2D eigenvalue weighted by Crippen LogP contribution is 2.60. The predicted molar refractivity (Wildman–Crippen MR) is 174 cm³/mol. The Morgan fingerprint density at radius 1 is 1.11 bits per heavy atom. The lowest BCUT2D eigenvalue weighted by atomic mass is 9.82. The summed E-state index contributed by atoms with van der Waals surface area (Å²) < 4.78 is 14.3. The Bertz CT molecular complexity index is 1650. The fourth-order valence-corrected chi connectivity index (χ4v) is 11.8. The zero-order valence-electron chi connectivity index (χ0n) is 25.8. The Balaban J connectivity index is 1.35. The van der Waals surface area contributed by atoms with E-state index in [4.69, 9.17) is 21.1 Å². The average Bonchev–Trinajstić information content (AvgIpc) is 3.68. The smallest absolute Gasteiger partial charge is 0.264 e. The minimum Gasteiger partial charge on any atom is -0.497 e. The number of methoxy groups -OCH3 is 1. The van der Waals surface area contributed by atoms with Gasteiger partial charge in [-0.1, -0.05) is 84.5 Å². The molecule has 1 aromatic heterocycles. The van der Waals surface area contributed by atoms with E-state index in [0.717, 1.165) is 28.3 Å². The van der Waals surface area contributed by atoms with Crippen LogP contribution in [0.15, 0.2) is 79.0 Å². The van der Waals surface area contributed by atoms with E-state index in [1.165, 1.54) is 5.19 Å². The number of hydrogen-bond acceptors (Lipinski definition) is 6. The topological polar surface area (TPSA) is 89.7 Å². The highest BCUT2D eigenvalue weighted by Gasteiger charge is 2.65. The number of likely N-dealkylation sites (N-methyl/N-ethyl adjacent to an activating group) is 1. The van der Waals surface area contributed by atoms with Crippen LogP contribution in [0.25, 0.3) is 0 Å². The first-order chi connectivity index (χ1) is 21.1. The highest BCUT2D eigenvalue weighted by molar-refractivity contribution is 6.91. The normalized spacial score (nSPS) is 23.8. The molecule has 0 aliphatic carbocycles. The minimum absolute atomic E-state index is 0.0500. The second-order valence-corrected chi connectivity index (χ2v) is 17.6. The first-order valence-corrected chi connectivity index (χ1v) is 18.5. The molecule has 1 spiro atoms. The van der Waals surface area contributed by atoms with Crippen molar-refractivity contribution in [2.45, 2.75) is 56.1 Å².